The third-order valence-corrected chi connectivity index (χ3v) is 3.73. The predicted molar refractivity (Wildman–Crippen MR) is 64.8 cm³/mol. The maximum Gasteiger partial charge on any atom is 0.231 e. The Labute approximate surface area is 97.9 Å². The van der Waals surface area contributed by atoms with Crippen LogP contribution in [0.5, 0.6) is 0 Å². The summed E-state index contributed by atoms with van der Waals surface area (Å²) in [5.74, 6) is 0.881. The highest BCUT2D eigenvalue weighted by Gasteiger charge is 2.46. The first kappa shape index (κ1) is 11.6. The molecule has 1 spiro atoms. The van der Waals surface area contributed by atoms with Gasteiger partial charge in [0.05, 0.1) is 5.41 Å². The Morgan fingerprint density at radius 3 is 2.88 bits per heavy atom. The lowest BCUT2D eigenvalue weighted by atomic mass is 9.78. The molecular formula is C13H22N2O. The van der Waals surface area contributed by atoms with Crippen molar-refractivity contribution in [2.24, 2.45) is 11.3 Å². The lowest BCUT2D eigenvalue weighted by molar-refractivity contribution is -0.131. The molecule has 1 unspecified atom stereocenters. The second-order valence-electron chi connectivity index (χ2n) is 5.72. The molecule has 0 aromatic carbocycles. The third kappa shape index (κ3) is 2.14. The fraction of sp³-hybridized carbons (Fsp3) is 0.769. The number of nitrogens with zero attached hydrogens (tertiary/aromatic N) is 1. The summed E-state index contributed by atoms with van der Waals surface area (Å²) in [6.07, 6.45) is 2.94. The van der Waals surface area contributed by atoms with Gasteiger partial charge in [-0.2, -0.15) is 0 Å². The maximum atomic E-state index is 12.1. The largest absolute Gasteiger partial charge is 0.330 e. The summed E-state index contributed by atoms with van der Waals surface area (Å²) in [4.78, 5) is 14.5. The average molecular weight is 222 g/mol. The molecule has 3 nitrogen and oxygen atoms in total. The van der Waals surface area contributed by atoms with E-state index in [1.807, 2.05) is 0 Å². The molecule has 2 rings (SSSR count). The van der Waals surface area contributed by atoms with Crippen LogP contribution in [-0.4, -0.2) is 30.4 Å². The minimum atomic E-state index is -0.115. The van der Waals surface area contributed by atoms with Gasteiger partial charge in [0.2, 0.25) is 5.91 Å². The SMILES string of the molecule is C=C1CCC2(CCN(CC(C)C)C2)C(=O)N1. The van der Waals surface area contributed by atoms with Gasteiger partial charge in [0.25, 0.3) is 0 Å². The summed E-state index contributed by atoms with van der Waals surface area (Å²) >= 11 is 0. The standard InChI is InChI=1S/C13H22N2O/c1-10(2)8-15-7-6-13(9-15)5-4-11(3)14-12(13)16/h10H,3-9H2,1-2H3,(H,14,16). The summed E-state index contributed by atoms with van der Waals surface area (Å²) in [5.41, 5.74) is 0.772. The number of likely N-dealkylation sites (tertiary alicyclic amines) is 1. The minimum Gasteiger partial charge on any atom is -0.330 e. The van der Waals surface area contributed by atoms with E-state index in [1.54, 1.807) is 0 Å². The number of hydrogen-bond donors (Lipinski definition) is 1. The zero-order valence-corrected chi connectivity index (χ0v) is 10.4. The molecule has 16 heavy (non-hydrogen) atoms. The second-order valence-corrected chi connectivity index (χ2v) is 5.72. The molecule has 1 amide bonds. The quantitative estimate of drug-likeness (QED) is 0.772. The van der Waals surface area contributed by atoms with Crippen LogP contribution in [0.2, 0.25) is 0 Å². The van der Waals surface area contributed by atoms with Crippen LogP contribution in [0.1, 0.15) is 33.1 Å². The molecule has 0 aromatic heterocycles. The Morgan fingerprint density at radius 2 is 2.25 bits per heavy atom. The highest BCUT2D eigenvalue weighted by molar-refractivity contribution is 5.85. The summed E-state index contributed by atoms with van der Waals surface area (Å²) in [6, 6.07) is 0. The Kier molecular flexibility index (Phi) is 3.06. The molecule has 90 valence electrons. The van der Waals surface area contributed by atoms with E-state index >= 15 is 0 Å². The van der Waals surface area contributed by atoms with Crippen molar-refractivity contribution in [3.05, 3.63) is 12.3 Å². The smallest absolute Gasteiger partial charge is 0.231 e. The lowest BCUT2D eigenvalue weighted by Gasteiger charge is -2.33. The Morgan fingerprint density at radius 1 is 1.50 bits per heavy atom. The number of allylic oxidation sites excluding steroid dienone is 1. The van der Waals surface area contributed by atoms with Crippen LogP contribution in [0.15, 0.2) is 12.3 Å². The molecule has 2 heterocycles. The summed E-state index contributed by atoms with van der Waals surface area (Å²) in [5, 5.41) is 2.93. The zero-order valence-electron chi connectivity index (χ0n) is 10.4. The molecule has 0 bridgehead atoms. The van der Waals surface area contributed by atoms with Crippen molar-refractivity contribution in [2.75, 3.05) is 19.6 Å². The van der Waals surface area contributed by atoms with Crippen molar-refractivity contribution in [1.82, 2.24) is 10.2 Å². The van der Waals surface area contributed by atoms with Gasteiger partial charge in [-0.25, -0.2) is 0 Å². The van der Waals surface area contributed by atoms with Crippen LogP contribution in [0.25, 0.3) is 0 Å². The molecule has 2 saturated heterocycles. The number of carbonyl (C=O) groups excluding carboxylic acids is 1. The van der Waals surface area contributed by atoms with Crippen molar-refractivity contribution < 1.29 is 4.79 Å². The molecule has 3 heteroatoms. The van der Waals surface area contributed by atoms with Gasteiger partial charge < -0.3 is 10.2 Å². The van der Waals surface area contributed by atoms with Crippen molar-refractivity contribution in [3.8, 4) is 0 Å². The van der Waals surface area contributed by atoms with Crippen molar-refractivity contribution in [3.63, 3.8) is 0 Å². The first-order chi connectivity index (χ1) is 7.52. The van der Waals surface area contributed by atoms with Gasteiger partial charge in [0, 0.05) is 18.8 Å². The normalized spacial score (nSPS) is 31.4. The Hall–Kier alpha value is -0.830. The molecular weight excluding hydrogens is 200 g/mol. The lowest BCUT2D eigenvalue weighted by Crippen LogP contribution is -2.46. The summed E-state index contributed by atoms with van der Waals surface area (Å²) < 4.78 is 0. The van der Waals surface area contributed by atoms with Gasteiger partial charge in [0.15, 0.2) is 0 Å². The van der Waals surface area contributed by atoms with E-state index in [0.29, 0.717) is 5.92 Å². The topological polar surface area (TPSA) is 32.3 Å². The van der Waals surface area contributed by atoms with Crippen LogP contribution in [0, 0.1) is 11.3 Å². The predicted octanol–water partition coefficient (Wildman–Crippen LogP) is 1.76. The molecule has 2 aliphatic heterocycles. The van der Waals surface area contributed by atoms with Crippen LogP contribution < -0.4 is 5.32 Å². The van der Waals surface area contributed by atoms with Crippen molar-refractivity contribution >= 4 is 5.91 Å². The van der Waals surface area contributed by atoms with E-state index in [-0.39, 0.29) is 11.3 Å². The zero-order chi connectivity index (χ0) is 11.8. The molecule has 0 radical (unpaired) electrons. The van der Waals surface area contributed by atoms with E-state index in [9.17, 15) is 4.79 Å². The molecule has 2 fully saturated rings. The van der Waals surface area contributed by atoms with Gasteiger partial charge in [0.1, 0.15) is 0 Å². The van der Waals surface area contributed by atoms with E-state index in [2.05, 4.69) is 30.6 Å². The highest BCUT2D eigenvalue weighted by Crippen LogP contribution is 2.39. The number of hydrogen-bond acceptors (Lipinski definition) is 2. The summed E-state index contributed by atoms with van der Waals surface area (Å²) in [7, 11) is 0. The fourth-order valence-corrected chi connectivity index (χ4v) is 2.88. The van der Waals surface area contributed by atoms with E-state index in [1.165, 1.54) is 0 Å². The molecule has 0 aliphatic carbocycles. The van der Waals surface area contributed by atoms with Gasteiger partial charge in [-0.15, -0.1) is 0 Å². The van der Waals surface area contributed by atoms with E-state index in [4.69, 9.17) is 0 Å². The Balaban J connectivity index is 2.00. The molecule has 1 N–H and O–H groups in total. The first-order valence-corrected chi connectivity index (χ1v) is 6.23. The van der Waals surface area contributed by atoms with Crippen molar-refractivity contribution in [1.29, 1.82) is 0 Å². The van der Waals surface area contributed by atoms with E-state index < -0.39 is 0 Å². The van der Waals surface area contributed by atoms with Gasteiger partial charge in [-0.3, -0.25) is 4.79 Å². The van der Waals surface area contributed by atoms with Gasteiger partial charge in [-0.05, 0) is 31.7 Å². The maximum absolute atomic E-state index is 12.1. The minimum absolute atomic E-state index is 0.115. The van der Waals surface area contributed by atoms with Crippen molar-refractivity contribution in [2.45, 2.75) is 33.1 Å². The van der Waals surface area contributed by atoms with Crippen LogP contribution in [0.4, 0.5) is 0 Å². The van der Waals surface area contributed by atoms with Crippen LogP contribution in [0.3, 0.4) is 0 Å². The van der Waals surface area contributed by atoms with Gasteiger partial charge in [-0.1, -0.05) is 20.4 Å². The number of piperidine rings is 1. The summed E-state index contributed by atoms with van der Waals surface area (Å²) in [6.45, 7) is 11.4. The highest BCUT2D eigenvalue weighted by atomic mass is 16.2. The van der Waals surface area contributed by atoms with Crippen LogP contribution >= 0.6 is 0 Å². The number of nitrogens with one attached hydrogen (secondary N) is 1. The second kappa shape index (κ2) is 4.21. The number of carbonyl (C=O) groups is 1. The fourth-order valence-electron chi connectivity index (χ4n) is 2.88. The van der Waals surface area contributed by atoms with Crippen LogP contribution in [-0.2, 0) is 4.79 Å². The third-order valence-electron chi connectivity index (χ3n) is 3.73. The molecule has 0 saturated carbocycles. The average Bonchev–Trinajstić information content (AvgIpc) is 2.57. The Bertz CT molecular complexity index is 311. The number of amides is 1. The number of rotatable bonds is 2. The molecule has 2 aliphatic rings. The monoisotopic (exact) mass is 222 g/mol. The van der Waals surface area contributed by atoms with Gasteiger partial charge >= 0.3 is 0 Å². The molecule has 0 aromatic rings. The first-order valence-electron chi connectivity index (χ1n) is 6.23. The molecule has 1 atom stereocenters. The van der Waals surface area contributed by atoms with E-state index in [0.717, 1.165) is 44.6 Å².